The molecule has 3 atom stereocenters. The highest BCUT2D eigenvalue weighted by molar-refractivity contribution is 5.93. The number of aliphatic hydroxyl groups is 1. The lowest BCUT2D eigenvalue weighted by Crippen LogP contribution is -2.50. The second kappa shape index (κ2) is 7.10. The lowest BCUT2D eigenvalue weighted by Gasteiger charge is -2.36. The van der Waals surface area contributed by atoms with E-state index in [1.807, 2.05) is 4.90 Å². The first-order valence-corrected chi connectivity index (χ1v) is 7.99. The van der Waals surface area contributed by atoms with Gasteiger partial charge in [0.25, 0.3) is 5.91 Å². The number of morpholine rings is 1. The minimum Gasteiger partial charge on any atom is -0.391 e. The zero-order valence-corrected chi connectivity index (χ0v) is 12.9. The molecule has 1 aliphatic carbocycles. The third-order valence-corrected chi connectivity index (χ3v) is 4.57. The molecular formula is C15H22N4O4. The highest BCUT2D eigenvalue weighted by atomic mass is 16.5. The zero-order valence-electron chi connectivity index (χ0n) is 12.9. The number of ether oxygens (including phenoxy) is 1. The number of nitrogens with one attached hydrogen (secondary N) is 2. The van der Waals surface area contributed by atoms with Gasteiger partial charge in [-0.2, -0.15) is 5.10 Å². The summed E-state index contributed by atoms with van der Waals surface area (Å²) in [5.41, 5.74) is 0.434. The molecule has 8 nitrogen and oxygen atoms in total. The molecule has 1 aromatic rings. The highest BCUT2D eigenvalue weighted by Crippen LogP contribution is 2.27. The van der Waals surface area contributed by atoms with Crippen molar-refractivity contribution >= 4 is 11.8 Å². The molecule has 2 amide bonds. The van der Waals surface area contributed by atoms with Crippen LogP contribution in [0.15, 0.2) is 12.4 Å². The summed E-state index contributed by atoms with van der Waals surface area (Å²) in [5.74, 6) is -0.349. The number of aliphatic hydroxyl groups excluding tert-OH is 1. The van der Waals surface area contributed by atoms with Crippen molar-refractivity contribution in [3.63, 3.8) is 0 Å². The third-order valence-electron chi connectivity index (χ3n) is 4.57. The molecule has 2 aliphatic rings. The Bertz CT molecular complexity index is 542. The van der Waals surface area contributed by atoms with Crippen LogP contribution >= 0.6 is 0 Å². The maximum Gasteiger partial charge on any atom is 0.254 e. The molecular weight excluding hydrogens is 300 g/mol. The number of hydrogen-bond donors (Lipinski definition) is 3. The lowest BCUT2D eigenvalue weighted by molar-refractivity contribution is -0.142. The number of carbonyl (C=O) groups is 2. The third kappa shape index (κ3) is 3.70. The van der Waals surface area contributed by atoms with Crippen LogP contribution in [-0.4, -0.2) is 70.5 Å². The summed E-state index contributed by atoms with van der Waals surface area (Å²) < 4.78 is 5.26. The predicted molar refractivity (Wildman–Crippen MR) is 80.6 cm³/mol. The Hall–Kier alpha value is -1.93. The van der Waals surface area contributed by atoms with E-state index in [2.05, 4.69) is 15.5 Å². The Morgan fingerprint density at radius 1 is 1.35 bits per heavy atom. The smallest absolute Gasteiger partial charge is 0.254 e. The van der Waals surface area contributed by atoms with Gasteiger partial charge < -0.3 is 20.1 Å². The number of carbonyl (C=O) groups excluding carboxylic acids is 2. The van der Waals surface area contributed by atoms with E-state index in [0.29, 0.717) is 51.1 Å². The standard InChI is InChI=1S/C15H22N4O4/c20-13-7-10(15(22)19-3-5-23-6-4-19)1-2-12(13)18-14(21)11-8-16-17-9-11/h8-10,12-13,20H,1-7H2,(H,16,17)(H,18,21)/t10-,12-,13-/m0/s1. The Kier molecular flexibility index (Phi) is 4.92. The van der Waals surface area contributed by atoms with Crippen LogP contribution in [0.5, 0.6) is 0 Å². The number of rotatable bonds is 3. The van der Waals surface area contributed by atoms with Gasteiger partial charge in [0.2, 0.25) is 5.91 Å². The van der Waals surface area contributed by atoms with Crippen molar-refractivity contribution in [1.82, 2.24) is 20.4 Å². The van der Waals surface area contributed by atoms with E-state index in [1.165, 1.54) is 12.4 Å². The second-order valence-electron chi connectivity index (χ2n) is 6.08. The molecule has 0 unspecified atom stereocenters. The molecule has 126 valence electrons. The SMILES string of the molecule is O=C(N[C@H]1CC[C@H](C(=O)N2CCOCC2)C[C@@H]1O)c1cn[nH]c1. The van der Waals surface area contributed by atoms with E-state index in [0.717, 1.165) is 0 Å². The number of aromatic nitrogens is 2. The van der Waals surface area contributed by atoms with E-state index in [4.69, 9.17) is 4.74 Å². The van der Waals surface area contributed by atoms with Crippen LogP contribution in [0.2, 0.25) is 0 Å². The summed E-state index contributed by atoms with van der Waals surface area (Å²) in [6.07, 6.45) is 3.88. The molecule has 0 spiro atoms. The molecule has 0 aromatic carbocycles. The van der Waals surface area contributed by atoms with Crippen molar-refractivity contribution in [2.45, 2.75) is 31.4 Å². The van der Waals surface area contributed by atoms with Gasteiger partial charge in [0.1, 0.15) is 0 Å². The van der Waals surface area contributed by atoms with E-state index in [1.54, 1.807) is 0 Å². The Labute approximate surface area is 134 Å². The highest BCUT2D eigenvalue weighted by Gasteiger charge is 2.35. The number of amides is 2. The van der Waals surface area contributed by atoms with Crippen LogP contribution in [0.3, 0.4) is 0 Å². The fraction of sp³-hybridized carbons (Fsp3) is 0.667. The van der Waals surface area contributed by atoms with Crippen molar-refractivity contribution in [1.29, 1.82) is 0 Å². The van der Waals surface area contributed by atoms with Gasteiger partial charge in [0, 0.05) is 25.2 Å². The summed E-state index contributed by atoms with van der Waals surface area (Å²) in [6.45, 7) is 2.38. The van der Waals surface area contributed by atoms with Gasteiger partial charge in [-0.3, -0.25) is 14.7 Å². The van der Waals surface area contributed by atoms with E-state index >= 15 is 0 Å². The van der Waals surface area contributed by atoms with Crippen LogP contribution in [-0.2, 0) is 9.53 Å². The molecule has 2 fully saturated rings. The maximum absolute atomic E-state index is 12.5. The number of hydrogen-bond acceptors (Lipinski definition) is 5. The second-order valence-corrected chi connectivity index (χ2v) is 6.08. The molecule has 2 heterocycles. The maximum atomic E-state index is 12.5. The van der Waals surface area contributed by atoms with Crippen LogP contribution < -0.4 is 5.32 Å². The fourth-order valence-corrected chi connectivity index (χ4v) is 3.21. The van der Waals surface area contributed by atoms with Crippen molar-refractivity contribution in [3.05, 3.63) is 18.0 Å². The fourth-order valence-electron chi connectivity index (χ4n) is 3.21. The van der Waals surface area contributed by atoms with Crippen molar-refractivity contribution < 1.29 is 19.4 Å². The quantitative estimate of drug-likeness (QED) is 0.697. The topological polar surface area (TPSA) is 108 Å². The van der Waals surface area contributed by atoms with Crippen LogP contribution in [0.25, 0.3) is 0 Å². The summed E-state index contributed by atoms with van der Waals surface area (Å²) in [5, 5.41) is 19.4. The average molecular weight is 322 g/mol. The molecule has 1 saturated carbocycles. The van der Waals surface area contributed by atoms with Crippen LogP contribution in [0.1, 0.15) is 29.6 Å². The summed E-state index contributed by atoms with van der Waals surface area (Å²) in [4.78, 5) is 26.3. The molecule has 3 N–H and O–H groups in total. The lowest BCUT2D eigenvalue weighted by atomic mass is 9.83. The number of nitrogens with zero attached hydrogens (tertiary/aromatic N) is 2. The molecule has 0 radical (unpaired) electrons. The molecule has 1 aliphatic heterocycles. The van der Waals surface area contributed by atoms with Crippen LogP contribution in [0, 0.1) is 5.92 Å². The molecule has 1 aromatic heterocycles. The zero-order chi connectivity index (χ0) is 16.2. The molecule has 8 heteroatoms. The molecule has 1 saturated heterocycles. The van der Waals surface area contributed by atoms with Gasteiger partial charge >= 0.3 is 0 Å². The monoisotopic (exact) mass is 322 g/mol. The number of aromatic amines is 1. The van der Waals surface area contributed by atoms with Crippen molar-refractivity contribution in [3.8, 4) is 0 Å². The van der Waals surface area contributed by atoms with Gasteiger partial charge in [0.15, 0.2) is 0 Å². The van der Waals surface area contributed by atoms with Gasteiger partial charge in [0.05, 0.1) is 37.1 Å². The van der Waals surface area contributed by atoms with Gasteiger partial charge in [-0.1, -0.05) is 0 Å². The van der Waals surface area contributed by atoms with E-state index in [-0.39, 0.29) is 23.8 Å². The first kappa shape index (κ1) is 15.9. The average Bonchev–Trinajstić information content (AvgIpc) is 3.11. The van der Waals surface area contributed by atoms with Gasteiger partial charge in [-0.05, 0) is 19.3 Å². The summed E-state index contributed by atoms with van der Waals surface area (Å²) in [6, 6.07) is -0.328. The normalized spacial score (nSPS) is 28.4. The van der Waals surface area contributed by atoms with Gasteiger partial charge in [-0.15, -0.1) is 0 Å². The largest absolute Gasteiger partial charge is 0.391 e. The minimum atomic E-state index is -0.713. The minimum absolute atomic E-state index is 0.0898. The van der Waals surface area contributed by atoms with E-state index < -0.39 is 6.10 Å². The summed E-state index contributed by atoms with van der Waals surface area (Å²) in [7, 11) is 0. The van der Waals surface area contributed by atoms with Crippen LogP contribution in [0.4, 0.5) is 0 Å². The Balaban J connectivity index is 1.52. The Morgan fingerprint density at radius 3 is 2.78 bits per heavy atom. The van der Waals surface area contributed by atoms with E-state index in [9.17, 15) is 14.7 Å². The first-order valence-electron chi connectivity index (χ1n) is 7.99. The molecule has 0 bridgehead atoms. The molecule has 3 rings (SSSR count). The van der Waals surface area contributed by atoms with Crippen molar-refractivity contribution in [2.75, 3.05) is 26.3 Å². The predicted octanol–water partition coefficient (Wildman–Crippen LogP) is -0.472. The van der Waals surface area contributed by atoms with Gasteiger partial charge in [-0.25, -0.2) is 0 Å². The van der Waals surface area contributed by atoms with Crippen molar-refractivity contribution in [2.24, 2.45) is 5.92 Å². The first-order chi connectivity index (χ1) is 11.1. The number of H-pyrrole nitrogens is 1. The molecule has 23 heavy (non-hydrogen) atoms. The Morgan fingerprint density at radius 2 is 2.13 bits per heavy atom. The summed E-state index contributed by atoms with van der Waals surface area (Å²) >= 11 is 0.